The molecule has 2 aromatic carbocycles. The molecule has 0 saturated carbocycles. The fourth-order valence-electron chi connectivity index (χ4n) is 3.01. The summed E-state index contributed by atoms with van der Waals surface area (Å²) in [6, 6.07) is 6.80. The molecular formula is C22H19F3N4O3S. The van der Waals surface area contributed by atoms with Crippen LogP contribution in [-0.2, 0) is 12.1 Å². The summed E-state index contributed by atoms with van der Waals surface area (Å²) in [7, 11) is 0. The molecule has 0 bridgehead atoms. The van der Waals surface area contributed by atoms with Gasteiger partial charge in [0.05, 0.1) is 17.9 Å². The van der Waals surface area contributed by atoms with Gasteiger partial charge < -0.3 is 9.84 Å². The summed E-state index contributed by atoms with van der Waals surface area (Å²) < 4.78 is 49.7. The first kappa shape index (κ1) is 22.7. The van der Waals surface area contributed by atoms with Crippen LogP contribution in [-0.4, -0.2) is 24.4 Å². The van der Waals surface area contributed by atoms with E-state index in [2.05, 4.69) is 10.1 Å². The molecule has 33 heavy (non-hydrogen) atoms. The van der Waals surface area contributed by atoms with E-state index in [1.54, 1.807) is 20.8 Å². The fourth-order valence-corrected chi connectivity index (χ4v) is 3.94. The lowest BCUT2D eigenvalue weighted by Gasteiger charge is -2.12. The molecule has 0 radical (unpaired) electrons. The van der Waals surface area contributed by atoms with Crippen LogP contribution in [0.5, 0.6) is 10.8 Å². The predicted octanol–water partition coefficient (Wildman–Crippen LogP) is 4.28. The number of aryl methyl sites for hydroxylation is 1. The second-order valence-electron chi connectivity index (χ2n) is 7.86. The number of hydrogen-bond donors (Lipinski definition) is 1. The molecule has 2 aromatic heterocycles. The lowest BCUT2D eigenvalue weighted by molar-refractivity contribution is 0.0781. The Bertz CT molecular complexity index is 1390. The molecule has 4 rings (SSSR count). The van der Waals surface area contributed by atoms with E-state index >= 15 is 0 Å². The van der Waals surface area contributed by atoms with Crippen molar-refractivity contribution < 1.29 is 23.0 Å². The fraction of sp³-hybridized carbons (Fsp3) is 0.227. The molecule has 0 spiro atoms. The second-order valence-corrected chi connectivity index (χ2v) is 8.82. The smallest absolute Gasteiger partial charge is 0.350 e. The highest BCUT2D eigenvalue weighted by Crippen LogP contribution is 2.36. The SMILES string of the molecule is Cc1nc(C(C)(C)O)sc1Oc1ccc(-n2ncn(Cc3cc(F)ccc3F)c2=O)cc1F. The van der Waals surface area contributed by atoms with Gasteiger partial charge in [-0.2, -0.15) is 9.78 Å². The van der Waals surface area contributed by atoms with Gasteiger partial charge in [0.25, 0.3) is 0 Å². The molecule has 172 valence electrons. The Hall–Kier alpha value is -3.44. The average Bonchev–Trinajstić information content (AvgIpc) is 3.29. The minimum absolute atomic E-state index is 0.0167. The summed E-state index contributed by atoms with van der Waals surface area (Å²) in [4.78, 5) is 16.9. The minimum atomic E-state index is -1.16. The van der Waals surface area contributed by atoms with E-state index in [9.17, 15) is 23.1 Å². The summed E-state index contributed by atoms with van der Waals surface area (Å²) in [5.41, 5.74) is -1.20. The summed E-state index contributed by atoms with van der Waals surface area (Å²) in [5.74, 6) is -2.13. The van der Waals surface area contributed by atoms with E-state index in [1.165, 1.54) is 12.1 Å². The molecule has 0 saturated heterocycles. The Morgan fingerprint density at radius 1 is 1.12 bits per heavy atom. The van der Waals surface area contributed by atoms with Gasteiger partial charge in [-0.3, -0.25) is 4.57 Å². The van der Waals surface area contributed by atoms with Crippen molar-refractivity contribution in [1.82, 2.24) is 19.3 Å². The van der Waals surface area contributed by atoms with Crippen LogP contribution in [0.3, 0.4) is 0 Å². The number of rotatable bonds is 6. The number of nitrogens with zero attached hydrogens (tertiary/aromatic N) is 4. The lowest BCUT2D eigenvalue weighted by Crippen LogP contribution is -2.24. The summed E-state index contributed by atoms with van der Waals surface area (Å²) in [6.45, 7) is 4.62. The second kappa shape index (κ2) is 8.49. The predicted molar refractivity (Wildman–Crippen MR) is 115 cm³/mol. The van der Waals surface area contributed by atoms with Gasteiger partial charge >= 0.3 is 5.69 Å². The summed E-state index contributed by atoms with van der Waals surface area (Å²) >= 11 is 1.10. The van der Waals surface area contributed by atoms with Crippen molar-refractivity contribution in [3.8, 4) is 16.5 Å². The van der Waals surface area contributed by atoms with Gasteiger partial charge in [-0.05, 0) is 51.1 Å². The molecule has 0 aliphatic heterocycles. The Morgan fingerprint density at radius 3 is 2.55 bits per heavy atom. The third kappa shape index (κ3) is 4.69. The van der Waals surface area contributed by atoms with Crippen LogP contribution in [0.2, 0.25) is 0 Å². The largest absolute Gasteiger partial charge is 0.442 e. The molecular weight excluding hydrogens is 457 g/mol. The zero-order valence-electron chi connectivity index (χ0n) is 17.8. The highest BCUT2D eigenvalue weighted by atomic mass is 32.1. The molecule has 0 aliphatic rings. The van der Waals surface area contributed by atoms with Crippen molar-refractivity contribution in [2.45, 2.75) is 32.9 Å². The first-order valence-corrected chi connectivity index (χ1v) is 10.6. The van der Waals surface area contributed by atoms with E-state index in [-0.39, 0.29) is 23.5 Å². The number of halogens is 3. The van der Waals surface area contributed by atoms with Gasteiger partial charge in [0, 0.05) is 11.6 Å². The van der Waals surface area contributed by atoms with Crippen molar-refractivity contribution in [2.24, 2.45) is 0 Å². The van der Waals surface area contributed by atoms with Crippen molar-refractivity contribution in [2.75, 3.05) is 0 Å². The Kier molecular flexibility index (Phi) is 5.85. The van der Waals surface area contributed by atoms with Crippen LogP contribution in [0.1, 0.15) is 30.1 Å². The van der Waals surface area contributed by atoms with Crippen LogP contribution in [0.15, 0.2) is 47.5 Å². The molecule has 1 N–H and O–H groups in total. The summed E-state index contributed by atoms with van der Waals surface area (Å²) in [6.07, 6.45) is 1.16. The first-order chi connectivity index (χ1) is 15.5. The van der Waals surface area contributed by atoms with Crippen molar-refractivity contribution in [3.05, 3.63) is 86.9 Å². The van der Waals surface area contributed by atoms with Crippen molar-refractivity contribution in [3.63, 3.8) is 0 Å². The molecule has 2 heterocycles. The molecule has 4 aromatic rings. The molecule has 0 amide bonds. The Morgan fingerprint density at radius 2 is 1.88 bits per heavy atom. The van der Waals surface area contributed by atoms with E-state index in [0.717, 1.165) is 51.2 Å². The van der Waals surface area contributed by atoms with E-state index in [4.69, 9.17) is 4.74 Å². The number of hydrogen-bond acceptors (Lipinski definition) is 6. The highest BCUT2D eigenvalue weighted by Gasteiger charge is 2.23. The van der Waals surface area contributed by atoms with Gasteiger partial charge in [0.2, 0.25) is 5.06 Å². The van der Waals surface area contributed by atoms with Crippen LogP contribution in [0, 0.1) is 24.4 Å². The number of aromatic nitrogens is 4. The minimum Gasteiger partial charge on any atom is -0.442 e. The normalized spacial score (nSPS) is 11.7. The van der Waals surface area contributed by atoms with E-state index < -0.39 is 28.7 Å². The number of ether oxygens (including phenoxy) is 1. The summed E-state index contributed by atoms with van der Waals surface area (Å²) in [5, 5.41) is 14.8. The third-order valence-electron chi connectivity index (χ3n) is 4.72. The van der Waals surface area contributed by atoms with Crippen LogP contribution >= 0.6 is 11.3 Å². The highest BCUT2D eigenvalue weighted by molar-refractivity contribution is 7.13. The van der Waals surface area contributed by atoms with Gasteiger partial charge in [-0.1, -0.05) is 11.3 Å². The zero-order valence-corrected chi connectivity index (χ0v) is 18.7. The van der Waals surface area contributed by atoms with Crippen LogP contribution in [0.25, 0.3) is 5.69 Å². The van der Waals surface area contributed by atoms with Gasteiger partial charge in [-0.25, -0.2) is 22.9 Å². The van der Waals surface area contributed by atoms with Gasteiger partial charge in [0.15, 0.2) is 11.6 Å². The average molecular weight is 476 g/mol. The maximum absolute atomic E-state index is 14.7. The molecule has 7 nitrogen and oxygen atoms in total. The van der Waals surface area contributed by atoms with E-state index in [1.807, 2.05) is 0 Å². The molecule has 0 atom stereocenters. The van der Waals surface area contributed by atoms with Gasteiger partial charge in [0.1, 0.15) is 28.6 Å². The number of thiazole rings is 1. The van der Waals surface area contributed by atoms with Crippen molar-refractivity contribution in [1.29, 1.82) is 0 Å². The van der Waals surface area contributed by atoms with Gasteiger partial charge in [-0.15, -0.1) is 0 Å². The van der Waals surface area contributed by atoms with E-state index in [0.29, 0.717) is 15.8 Å². The maximum Gasteiger partial charge on any atom is 0.350 e. The number of aliphatic hydroxyl groups is 1. The lowest BCUT2D eigenvalue weighted by atomic mass is 10.2. The monoisotopic (exact) mass is 476 g/mol. The third-order valence-corrected chi connectivity index (χ3v) is 6.07. The standard InChI is InChI=1S/C22H19F3N4O3S/c1-12-19(33-20(27-12)22(2,3)31)32-18-7-5-15(9-17(18)25)29-21(30)28(11-26-29)10-13-8-14(23)4-6-16(13)24/h4-9,11,31H,10H2,1-3H3. The van der Waals surface area contributed by atoms with Crippen LogP contribution in [0.4, 0.5) is 13.2 Å². The molecule has 0 fully saturated rings. The Labute approximate surface area is 190 Å². The molecule has 0 aliphatic carbocycles. The molecule has 11 heteroatoms. The first-order valence-electron chi connectivity index (χ1n) is 9.79. The maximum atomic E-state index is 14.7. The van der Waals surface area contributed by atoms with Crippen molar-refractivity contribution >= 4 is 11.3 Å². The zero-order chi connectivity index (χ0) is 23.9. The topological polar surface area (TPSA) is 82.2 Å². The van der Waals surface area contributed by atoms with Crippen LogP contribution < -0.4 is 10.4 Å². The number of benzene rings is 2. The quantitative estimate of drug-likeness (QED) is 0.449. The Balaban J connectivity index is 1.58. The molecule has 0 unspecified atom stereocenters.